The second kappa shape index (κ2) is 2.61. The van der Waals surface area contributed by atoms with Crippen LogP contribution in [0.15, 0.2) is 35.6 Å². The highest BCUT2D eigenvalue weighted by atomic mass is 16.1. The smallest absolute Gasteiger partial charge is 0.265 e. The molecule has 2 aromatic heterocycles. The van der Waals surface area contributed by atoms with Crippen molar-refractivity contribution in [3.8, 4) is 5.69 Å². The average molecular weight is 162 g/mol. The SMILES string of the molecule is O=c1[nH]ncn1-c1ccncc1. The van der Waals surface area contributed by atoms with Gasteiger partial charge in [-0.15, -0.1) is 0 Å². The van der Waals surface area contributed by atoms with E-state index in [2.05, 4.69) is 15.2 Å². The maximum Gasteiger partial charge on any atom is 0.347 e. The summed E-state index contributed by atoms with van der Waals surface area (Å²) in [5.41, 5.74) is 0.505. The van der Waals surface area contributed by atoms with E-state index in [1.54, 1.807) is 24.5 Å². The highest BCUT2D eigenvalue weighted by Gasteiger charge is 1.97. The Hall–Kier alpha value is -1.91. The molecule has 60 valence electrons. The lowest BCUT2D eigenvalue weighted by atomic mass is 10.4. The number of rotatable bonds is 1. The molecule has 0 aromatic carbocycles. The molecule has 0 amide bonds. The molecule has 5 heteroatoms. The highest BCUT2D eigenvalue weighted by Crippen LogP contribution is 1.98. The van der Waals surface area contributed by atoms with E-state index >= 15 is 0 Å². The molecule has 2 aromatic rings. The highest BCUT2D eigenvalue weighted by molar-refractivity contribution is 5.27. The maximum absolute atomic E-state index is 11.0. The van der Waals surface area contributed by atoms with E-state index in [4.69, 9.17) is 0 Å². The standard InChI is InChI=1S/C7H6N4O/c12-7-10-9-5-11(7)6-1-3-8-4-2-6/h1-5H,(H,10,12). The van der Waals surface area contributed by atoms with Crippen LogP contribution in [0.25, 0.3) is 5.69 Å². The van der Waals surface area contributed by atoms with E-state index in [0.717, 1.165) is 5.69 Å². The molecular weight excluding hydrogens is 156 g/mol. The van der Waals surface area contributed by atoms with E-state index < -0.39 is 0 Å². The summed E-state index contributed by atoms with van der Waals surface area (Å²) in [7, 11) is 0. The van der Waals surface area contributed by atoms with Crippen molar-refractivity contribution in [3.05, 3.63) is 41.3 Å². The Labute approximate surface area is 67.7 Å². The van der Waals surface area contributed by atoms with Crippen LogP contribution in [0.1, 0.15) is 0 Å². The maximum atomic E-state index is 11.0. The van der Waals surface area contributed by atoms with Gasteiger partial charge < -0.3 is 0 Å². The van der Waals surface area contributed by atoms with Crippen LogP contribution in [0.3, 0.4) is 0 Å². The van der Waals surface area contributed by atoms with Crippen LogP contribution in [0.5, 0.6) is 0 Å². The second-order valence-corrected chi connectivity index (χ2v) is 2.24. The third-order valence-electron chi connectivity index (χ3n) is 1.49. The Morgan fingerprint density at radius 2 is 2.08 bits per heavy atom. The van der Waals surface area contributed by atoms with Gasteiger partial charge in [-0.1, -0.05) is 0 Å². The van der Waals surface area contributed by atoms with Gasteiger partial charge in [0.2, 0.25) is 0 Å². The van der Waals surface area contributed by atoms with Crippen molar-refractivity contribution in [3.63, 3.8) is 0 Å². The molecule has 5 nitrogen and oxygen atoms in total. The van der Waals surface area contributed by atoms with Crippen molar-refractivity contribution < 1.29 is 0 Å². The van der Waals surface area contributed by atoms with Gasteiger partial charge in [-0.05, 0) is 12.1 Å². The third-order valence-corrected chi connectivity index (χ3v) is 1.49. The van der Waals surface area contributed by atoms with Gasteiger partial charge in [-0.2, -0.15) is 5.10 Å². The molecule has 0 radical (unpaired) electrons. The third kappa shape index (κ3) is 1.01. The minimum Gasteiger partial charge on any atom is -0.265 e. The van der Waals surface area contributed by atoms with E-state index in [1.807, 2.05) is 0 Å². The lowest BCUT2D eigenvalue weighted by Crippen LogP contribution is -2.13. The van der Waals surface area contributed by atoms with Crippen molar-refractivity contribution >= 4 is 0 Å². The molecule has 0 aliphatic carbocycles. The van der Waals surface area contributed by atoms with E-state index in [-0.39, 0.29) is 5.69 Å². The fourth-order valence-electron chi connectivity index (χ4n) is 0.937. The monoisotopic (exact) mass is 162 g/mol. The second-order valence-electron chi connectivity index (χ2n) is 2.24. The molecule has 0 spiro atoms. The molecule has 12 heavy (non-hydrogen) atoms. The summed E-state index contributed by atoms with van der Waals surface area (Å²) in [4.78, 5) is 14.9. The number of nitrogens with zero attached hydrogens (tertiary/aromatic N) is 3. The van der Waals surface area contributed by atoms with Crippen LogP contribution < -0.4 is 5.69 Å². The molecule has 0 saturated carbocycles. The van der Waals surface area contributed by atoms with Crippen LogP contribution in [0.2, 0.25) is 0 Å². The molecule has 0 unspecified atom stereocenters. The molecular formula is C7H6N4O. The zero-order valence-corrected chi connectivity index (χ0v) is 6.14. The number of pyridine rings is 1. The lowest BCUT2D eigenvalue weighted by molar-refractivity contribution is 0.978. The van der Waals surface area contributed by atoms with Gasteiger partial charge in [0.15, 0.2) is 0 Å². The number of H-pyrrole nitrogens is 1. The van der Waals surface area contributed by atoms with Crippen LogP contribution in [-0.2, 0) is 0 Å². The summed E-state index contributed by atoms with van der Waals surface area (Å²) in [6.07, 6.45) is 4.67. The predicted octanol–water partition coefficient (Wildman–Crippen LogP) is -0.0444. The summed E-state index contributed by atoms with van der Waals surface area (Å²) in [6.45, 7) is 0. The van der Waals surface area contributed by atoms with Gasteiger partial charge in [0.1, 0.15) is 6.33 Å². The van der Waals surface area contributed by atoms with Crippen molar-refractivity contribution in [1.82, 2.24) is 19.7 Å². The fourth-order valence-corrected chi connectivity index (χ4v) is 0.937. The van der Waals surface area contributed by atoms with Gasteiger partial charge in [-0.3, -0.25) is 4.98 Å². The zero-order chi connectivity index (χ0) is 8.39. The summed E-state index contributed by atoms with van der Waals surface area (Å²) >= 11 is 0. The minimum absolute atomic E-state index is 0.249. The first-order valence-electron chi connectivity index (χ1n) is 3.40. The summed E-state index contributed by atoms with van der Waals surface area (Å²) in [5.74, 6) is 0. The van der Waals surface area contributed by atoms with Crippen molar-refractivity contribution in [2.75, 3.05) is 0 Å². The number of hydrogen-bond donors (Lipinski definition) is 1. The Bertz CT molecular complexity index is 416. The number of nitrogens with one attached hydrogen (secondary N) is 1. The fraction of sp³-hybridized carbons (Fsp3) is 0. The van der Waals surface area contributed by atoms with Crippen molar-refractivity contribution in [2.24, 2.45) is 0 Å². The largest absolute Gasteiger partial charge is 0.347 e. The van der Waals surface area contributed by atoms with E-state index in [0.29, 0.717) is 0 Å². The molecule has 0 bridgehead atoms. The van der Waals surface area contributed by atoms with Crippen LogP contribution >= 0.6 is 0 Å². The van der Waals surface area contributed by atoms with Gasteiger partial charge >= 0.3 is 5.69 Å². The first-order chi connectivity index (χ1) is 5.88. The minimum atomic E-state index is -0.249. The van der Waals surface area contributed by atoms with E-state index in [9.17, 15) is 4.79 Å². The average Bonchev–Trinajstić information content (AvgIpc) is 2.53. The normalized spacial score (nSPS) is 10.0. The van der Waals surface area contributed by atoms with Gasteiger partial charge in [-0.25, -0.2) is 14.5 Å². The molecule has 2 rings (SSSR count). The first-order valence-corrected chi connectivity index (χ1v) is 3.40. The number of aromatic nitrogens is 4. The van der Waals surface area contributed by atoms with Gasteiger partial charge in [0.05, 0.1) is 5.69 Å². The van der Waals surface area contributed by atoms with Crippen molar-refractivity contribution in [2.45, 2.75) is 0 Å². The van der Waals surface area contributed by atoms with Crippen LogP contribution in [0, 0.1) is 0 Å². The molecule has 0 atom stereocenters. The topological polar surface area (TPSA) is 63.6 Å². The number of hydrogen-bond acceptors (Lipinski definition) is 3. The molecule has 1 N–H and O–H groups in total. The molecule has 0 saturated heterocycles. The van der Waals surface area contributed by atoms with Gasteiger partial charge in [0.25, 0.3) is 0 Å². The summed E-state index contributed by atoms with van der Waals surface area (Å²) in [6, 6.07) is 3.47. The Balaban J connectivity index is 2.59. The number of aromatic amines is 1. The zero-order valence-electron chi connectivity index (χ0n) is 6.14. The first kappa shape index (κ1) is 6.78. The predicted molar refractivity (Wildman–Crippen MR) is 42.0 cm³/mol. The summed E-state index contributed by atoms with van der Waals surface area (Å²) in [5, 5.41) is 5.91. The molecule has 0 aliphatic rings. The van der Waals surface area contributed by atoms with E-state index in [1.165, 1.54) is 10.9 Å². The Kier molecular flexibility index (Phi) is 1.48. The van der Waals surface area contributed by atoms with Crippen LogP contribution in [-0.4, -0.2) is 19.7 Å². The van der Waals surface area contributed by atoms with Crippen LogP contribution in [0.4, 0.5) is 0 Å². The molecule has 0 fully saturated rings. The Morgan fingerprint density at radius 1 is 1.33 bits per heavy atom. The summed E-state index contributed by atoms with van der Waals surface area (Å²) < 4.78 is 1.40. The van der Waals surface area contributed by atoms with Crippen molar-refractivity contribution in [1.29, 1.82) is 0 Å². The quantitative estimate of drug-likeness (QED) is 0.639. The molecule has 2 heterocycles. The Morgan fingerprint density at radius 3 is 2.67 bits per heavy atom. The van der Waals surface area contributed by atoms with Gasteiger partial charge in [0, 0.05) is 12.4 Å². The lowest BCUT2D eigenvalue weighted by Gasteiger charge is -1.95. The molecule has 0 aliphatic heterocycles.